The molecule has 4 heterocycles. The van der Waals surface area contributed by atoms with Crippen LogP contribution in [0.1, 0.15) is 29.8 Å². The highest BCUT2D eigenvalue weighted by molar-refractivity contribution is 5.92. The van der Waals surface area contributed by atoms with Gasteiger partial charge in [0, 0.05) is 37.5 Å². The number of carbonyl (C=O) groups excluding carboxylic acids is 1. The lowest BCUT2D eigenvalue weighted by molar-refractivity contribution is -0.133. The molecular weight excluding hydrogens is 330 g/mol. The van der Waals surface area contributed by atoms with Crippen LogP contribution in [0.5, 0.6) is 5.75 Å². The van der Waals surface area contributed by atoms with E-state index in [-0.39, 0.29) is 17.4 Å². The van der Waals surface area contributed by atoms with E-state index in [1.165, 1.54) is 0 Å². The number of likely N-dealkylation sites (tertiary alicyclic amines) is 1. The first-order chi connectivity index (χ1) is 12.8. The van der Waals surface area contributed by atoms with Crippen molar-refractivity contribution in [3.8, 4) is 5.75 Å². The van der Waals surface area contributed by atoms with Crippen molar-refractivity contribution in [2.24, 2.45) is 5.41 Å². The molecule has 0 spiro atoms. The standard InChI is InChI=1S/C20H23N3O3/c24-19(17-6-1-2-10-22-17)23-11-7-18-20(14-23,8-4-12-25-18)15-26-16-5-3-9-21-13-16/h1-3,5-6,9-10,13,18H,4,7-8,11-12,14-15H2/t18-,20-/m0/s1. The zero-order valence-electron chi connectivity index (χ0n) is 14.7. The van der Waals surface area contributed by atoms with E-state index in [9.17, 15) is 4.79 Å². The van der Waals surface area contributed by atoms with Gasteiger partial charge in [0.25, 0.3) is 5.91 Å². The summed E-state index contributed by atoms with van der Waals surface area (Å²) in [5.41, 5.74) is 0.308. The SMILES string of the molecule is O=C(c1ccccn1)N1CC[C@@H]2OCCC[C@@]2(COc2cccnc2)C1. The van der Waals surface area contributed by atoms with Gasteiger partial charge in [0.15, 0.2) is 0 Å². The molecule has 0 unspecified atom stereocenters. The fourth-order valence-corrected chi connectivity index (χ4v) is 3.99. The van der Waals surface area contributed by atoms with Crippen LogP contribution in [0.2, 0.25) is 0 Å². The number of piperidine rings is 1. The van der Waals surface area contributed by atoms with Crippen LogP contribution < -0.4 is 4.74 Å². The molecule has 0 N–H and O–H groups in total. The Kier molecular flexibility index (Phi) is 4.84. The van der Waals surface area contributed by atoms with Crippen molar-refractivity contribution in [2.75, 3.05) is 26.3 Å². The number of nitrogens with zero attached hydrogens (tertiary/aromatic N) is 3. The zero-order chi connectivity index (χ0) is 17.8. The number of hydrogen-bond acceptors (Lipinski definition) is 5. The molecule has 1 amide bonds. The van der Waals surface area contributed by atoms with Crippen LogP contribution in [-0.2, 0) is 4.74 Å². The highest BCUT2D eigenvalue weighted by atomic mass is 16.5. The first-order valence-corrected chi connectivity index (χ1v) is 9.12. The second kappa shape index (κ2) is 7.41. The summed E-state index contributed by atoms with van der Waals surface area (Å²) in [6.07, 6.45) is 8.03. The molecule has 6 nitrogen and oxygen atoms in total. The van der Waals surface area contributed by atoms with Crippen LogP contribution in [-0.4, -0.2) is 53.2 Å². The Hall–Kier alpha value is -2.47. The lowest BCUT2D eigenvalue weighted by atomic mass is 9.73. The second-order valence-corrected chi connectivity index (χ2v) is 7.03. The summed E-state index contributed by atoms with van der Waals surface area (Å²) in [7, 11) is 0. The molecule has 0 aromatic carbocycles. The number of rotatable bonds is 4. The molecule has 0 aliphatic carbocycles. The Morgan fingerprint density at radius 3 is 3.08 bits per heavy atom. The lowest BCUT2D eigenvalue weighted by Crippen LogP contribution is -2.58. The molecule has 0 saturated carbocycles. The predicted octanol–water partition coefficient (Wildman–Crippen LogP) is 2.57. The van der Waals surface area contributed by atoms with Gasteiger partial charge in [0.1, 0.15) is 11.4 Å². The highest BCUT2D eigenvalue weighted by Gasteiger charge is 2.47. The van der Waals surface area contributed by atoms with Gasteiger partial charge < -0.3 is 14.4 Å². The van der Waals surface area contributed by atoms with E-state index in [0.29, 0.717) is 25.4 Å². The van der Waals surface area contributed by atoms with Crippen molar-refractivity contribution in [1.29, 1.82) is 0 Å². The van der Waals surface area contributed by atoms with Crippen molar-refractivity contribution in [3.63, 3.8) is 0 Å². The van der Waals surface area contributed by atoms with Crippen molar-refractivity contribution in [2.45, 2.75) is 25.4 Å². The van der Waals surface area contributed by atoms with Crippen LogP contribution in [0.3, 0.4) is 0 Å². The summed E-state index contributed by atoms with van der Waals surface area (Å²) in [5, 5.41) is 0. The molecule has 2 aliphatic heterocycles. The summed E-state index contributed by atoms with van der Waals surface area (Å²) < 4.78 is 12.1. The van der Waals surface area contributed by atoms with Gasteiger partial charge in [0.05, 0.1) is 18.9 Å². The van der Waals surface area contributed by atoms with Crippen LogP contribution >= 0.6 is 0 Å². The van der Waals surface area contributed by atoms with Crippen molar-refractivity contribution >= 4 is 5.91 Å². The molecule has 136 valence electrons. The number of aromatic nitrogens is 2. The summed E-state index contributed by atoms with van der Waals surface area (Å²) in [6, 6.07) is 9.20. The number of ether oxygens (including phenoxy) is 2. The van der Waals surface area contributed by atoms with Gasteiger partial charge in [0.2, 0.25) is 0 Å². The maximum absolute atomic E-state index is 12.9. The number of amides is 1. The van der Waals surface area contributed by atoms with Gasteiger partial charge in [-0.2, -0.15) is 0 Å². The average Bonchev–Trinajstić information content (AvgIpc) is 2.73. The molecule has 0 radical (unpaired) electrons. The van der Waals surface area contributed by atoms with E-state index in [2.05, 4.69) is 9.97 Å². The topological polar surface area (TPSA) is 64.6 Å². The van der Waals surface area contributed by atoms with E-state index >= 15 is 0 Å². The van der Waals surface area contributed by atoms with Crippen LogP contribution in [0.15, 0.2) is 48.9 Å². The van der Waals surface area contributed by atoms with E-state index in [0.717, 1.165) is 31.6 Å². The Balaban J connectivity index is 1.52. The normalized spacial score (nSPS) is 25.4. The summed E-state index contributed by atoms with van der Waals surface area (Å²) in [6.45, 7) is 2.63. The molecule has 0 bridgehead atoms. The molecule has 2 aliphatic rings. The molecule has 2 atom stereocenters. The lowest BCUT2D eigenvalue weighted by Gasteiger charge is -2.50. The fraction of sp³-hybridized carbons (Fsp3) is 0.450. The van der Waals surface area contributed by atoms with E-state index in [4.69, 9.17) is 9.47 Å². The summed E-state index contributed by atoms with van der Waals surface area (Å²) in [4.78, 5) is 23.1. The fourth-order valence-electron chi connectivity index (χ4n) is 3.99. The van der Waals surface area contributed by atoms with Gasteiger partial charge in [-0.3, -0.25) is 14.8 Å². The third-order valence-corrected chi connectivity index (χ3v) is 5.32. The Labute approximate surface area is 153 Å². The number of pyridine rings is 2. The number of carbonyl (C=O) groups is 1. The number of hydrogen-bond donors (Lipinski definition) is 0. The minimum Gasteiger partial charge on any atom is -0.491 e. The third-order valence-electron chi connectivity index (χ3n) is 5.32. The quantitative estimate of drug-likeness (QED) is 0.845. The molecular formula is C20H23N3O3. The predicted molar refractivity (Wildman–Crippen MR) is 95.9 cm³/mol. The highest BCUT2D eigenvalue weighted by Crippen LogP contribution is 2.41. The van der Waals surface area contributed by atoms with Crippen molar-refractivity contribution in [3.05, 3.63) is 54.6 Å². The van der Waals surface area contributed by atoms with Crippen LogP contribution in [0, 0.1) is 5.41 Å². The van der Waals surface area contributed by atoms with E-state index in [1.807, 2.05) is 29.2 Å². The minimum atomic E-state index is -0.184. The summed E-state index contributed by atoms with van der Waals surface area (Å²) >= 11 is 0. The Bertz CT molecular complexity index is 740. The molecule has 2 fully saturated rings. The average molecular weight is 353 g/mol. The smallest absolute Gasteiger partial charge is 0.272 e. The molecule has 2 saturated heterocycles. The zero-order valence-corrected chi connectivity index (χ0v) is 14.7. The van der Waals surface area contributed by atoms with E-state index < -0.39 is 0 Å². The van der Waals surface area contributed by atoms with Gasteiger partial charge in [-0.05, 0) is 43.5 Å². The van der Waals surface area contributed by atoms with Gasteiger partial charge in [-0.25, -0.2) is 0 Å². The summed E-state index contributed by atoms with van der Waals surface area (Å²) in [5.74, 6) is 0.731. The van der Waals surface area contributed by atoms with Crippen LogP contribution in [0.25, 0.3) is 0 Å². The second-order valence-electron chi connectivity index (χ2n) is 7.03. The first-order valence-electron chi connectivity index (χ1n) is 9.12. The Morgan fingerprint density at radius 1 is 1.31 bits per heavy atom. The van der Waals surface area contributed by atoms with E-state index in [1.54, 1.807) is 24.7 Å². The number of fused-ring (bicyclic) bond motifs is 1. The minimum absolute atomic E-state index is 0.0182. The van der Waals surface area contributed by atoms with Crippen molar-refractivity contribution < 1.29 is 14.3 Å². The molecule has 6 heteroatoms. The van der Waals surface area contributed by atoms with Crippen molar-refractivity contribution in [1.82, 2.24) is 14.9 Å². The van der Waals surface area contributed by atoms with Gasteiger partial charge in [-0.1, -0.05) is 6.07 Å². The maximum atomic E-state index is 12.9. The monoisotopic (exact) mass is 353 g/mol. The molecule has 26 heavy (non-hydrogen) atoms. The van der Waals surface area contributed by atoms with Gasteiger partial charge >= 0.3 is 0 Å². The molecule has 2 aromatic heterocycles. The molecule has 4 rings (SSSR count). The largest absolute Gasteiger partial charge is 0.491 e. The van der Waals surface area contributed by atoms with Gasteiger partial charge in [-0.15, -0.1) is 0 Å². The first kappa shape index (κ1) is 17.0. The van der Waals surface area contributed by atoms with Crippen LogP contribution in [0.4, 0.5) is 0 Å². The third kappa shape index (κ3) is 3.42. The molecule has 2 aromatic rings. The maximum Gasteiger partial charge on any atom is 0.272 e. The Morgan fingerprint density at radius 2 is 2.27 bits per heavy atom.